The van der Waals surface area contributed by atoms with Crippen molar-refractivity contribution in [2.75, 3.05) is 13.2 Å². The van der Waals surface area contributed by atoms with Crippen molar-refractivity contribution in [3.63, 3.8) is 0 Å². The van der Waals surface area contributed by atoms with Crippen molar-refractivity contribution < 1.29 is 5.11 Å². The molecule has 1 heterocycles. The molecule has 0 aliphatic heterocycles. The van der Waals surface area contributed by atoms with Crippen LogP contribution in [0.25, 0.3) is 0 Å². The SMILES string of the molecule is NC[C@]1(CO)C[C@H]1c1cccs1. The Balaban J connectivity index is 2.12. The molecule has 1 aromatic heterocycles. The maximum atomic E-state index is 9.15. The van der Waals surface area contributed by atoms with Crippen molar-refractivity contribution in [3.8, 4) is 0 Å². The number of aliphatic hydroxyl groups excluding tert-OH is 1. The van der Waals surface area contributed by atoms with Gasteiger partial charge in [-0.15, -0.1) is 11.3 Å². The van der Waals surface area contributed by atoms with Gasteiger partial charge in [-0.05, 0) is 17.9 Å². The summed E-state index contributed by atoms with van der Waals surface area (Å²) < 4.78 is 0. The molecule has 1 aromatic rings. The maximum Gasteiger partial charge on any atom is 0.0505 e. The maximum absolute atomic E-state index is 9.15. The van der Waals surface area contributed by atoms with E-state index in [9.17, 15) is 0 Å². The molecule has 0 radical (unpaired) electrons. The molecule has 2 atom stereocenters. The summed E-state index contributed by atoms with van der Waals surface area (Å²) in [5.74, 6) is 0.521. The third-order valence-electron chi connectivity index (χ3n) is 2.80. The number of aliphatic hydroxyl groups is 1. The van der Waals surface area contributed by atoms with E-state index in [1.54, 1.807) is 11.3 Å². The van der Waals surface area contributed by atoms with E-state index in [2.05, 4.69) is 17.5 Å². The van der Waals surface area contributed by atoms with E-state index in [0.717, 1.165) is 6.42 Å². The highest BCUT2D eigenvalue weighted by atomic mass is 32.1. The third-order valence-corrected chi connectivity index (χ3v) is 3.78. The molecule has 3 N–H and O–H groups in total. The molecular formula is C9H13NOS. The first-order valence-corrected chi connectivity index (χ1v) is 5.05. The van der Waals surface area contributed by atoms with Gasteiger partial charge in [0.15, 0.2) is 0 Å². The molecule has 1 aliphatic carbocycles. The van der Waals surface area contributed by atoms with E-state index in [-0.39, 0.29) is 12.0 Å². The number of hydrogen-bond acceptors (Lipinski definition) is 3. The highest BCUT2D eigenvalue weighted by Gasteiger charge is 2.53. The molecule has 3 heteroatoms. The van der Waals surface area contributed by atoms with Gasteiger partial charge in [-0.1, -0.05) is 6.07 Å². The van der Waals surface area contributed by atoms with Crippen molar-refractivity contribution in [1.29, 1.82) is 0 Å². The number of nitrogens with two attached hydrogens (primary N) is 1. The van der Waals surface area contributed by atoms with E-state index in [0.29, 0.717) is 12.5 Å². The Morgan fingerprint density at radius 3 is 3.00 bits per heavy atom. The van der Waals surface area contributed by atoms with Crippen LogP contribution in [0.2, 0.25) is 0 Å². The van der Waals surface area contributed by atoms with Gasteiger partial charge in [0.25, 0.3) is 0 Å². The average molecular weight is 183 g/mol. The third kappa shape index (κ3) is 1.09. The fourth-order valence-corrected chi connectivity index (χ4v) is 2.67. The molecule has 1 fully saturated rings. The fourth-order valence-electron chi connectivity index (χ4n) is 1.70. The molecule has 2 rings (SSSR count). The molecule has 0 bridgehead atoms. The van der Waals surface area contributed by atoms with Crippen molar-refractivity contribution in [2.24, 2.45) is 11.1 Å². The summed E-state index contributed by atoms with van der Waals surface area (Å²) in [6.07, 6.45) is 1.06. The Morgan fingerprint density at radius 2 is 2.58 bits per heavy atom. The van der Waals surface area contributed by atoms with E-state index in [1.165, 1.54) is 4.88 Å². The van der Waals surface area contributed by atoms with Gasteiger partial charge in [-0.3, -0.25) is 0 Å². The van der Waals surface area contributed by atoms with E-state index in [4.69, 9.17) is 10.8 Å². The first-order chi connectivity index (χ1) is 5.82. The van der Waals surface area contributed by atoms with Gasteiger partial charge in [0.1, 0.15) is 0 Å². The molecule has 0 aromatic carbocycles. The standard InChI is InChI=1S/C9H13NOS/c10-5-9(6-11)4-7(9)8-2-1-3-12-8/h1-3,7,11H,4-6,10H2/t7-,9-/m0/s1. The topological polar surface area (TPSA) is 46.2 Å². The summed E-state index contributed by atoms with van der Waals surface area (Å²) in [5, 5.41) is 11.2. The monoisotopic (exact) mass is 183 g/mol. The molecule has 12 heavy (non-hydrogen) atoms. The highest BCUT2D eigenvalue weighted by molar-refractivity contribution is 7.10. The molecule has 0 amide bonds. The number of rotatable bonds is 3. The zero-order valence-corrected chi connectivity index (χ0v) is 7.68. The van der Waals surface area contributed by atoms with Gasteiger partial charge < -0.3 is 10.8 Å². The summed E-state index contributed by atoms with van der Waals surface area (Å²) in [5.41, 5.74) is 5.64. The van der Waals surface area contributed by atoms with Crippen LogP contribution in [0.1, 0.15) is 17.2 Å². The van der Waals surface area contributed by atoms with Crippen LogP contribution < -0.4 is 5.73 Å². The van der Waals surface area contributed by atoms with Crippen LogP contribution in [0, 0.1) is 5.41 Å². The Hall–Kier alpha value is -0.380. The van der Waals surface area contributed by atoms with Crippen LogP contribution in [0.15, 0.2) is 17.5 Å². The molecule has 1 aliphatic rings. The predicted molar refractivity (Wildman–Crippen MR) is 50.3 cm³/mol. The summed E-state index contributed by atoms with van der Waals surface area (Å²) in [4.78, 5) is 1.37. The average Bonchev–Trinajstić information content (AvgIpc) is 2.59. The van der Waals surface area contributed by atoms with E-state index >= 15 is 0 Å². The Bertz CT molecular complexity index is 254. The van der Waals surface area contributed by atoms with Crippen LogP contribution in [-0.4, -0.2) is 18.3 Å². The van der Waals surface area contributed by atoms with Crippen molar-refractivity contribution in [3.05, 3.63) is 22.4 Å². The summed E-state index contributed by atoms with van der Waals surface area (Å²) in [6.45, 7) is 0.831. The lowest BCUT2D eigenvalue weighted by Crippen LogP contribution is -2.21. The normalized spacial score (nSPS) is 33.7. The first kappa shape index (κ1) is 8.23. The van der Waals surface area contributed by atoms with Gasteiger partial charge in [0.05, 0.1) is 6.61 Å². The highest BCUT2D eigenvalue weighted by Crippen LogP contribution is 2.59. The Morgan fingerprint density at radius 1 is 1.75 bits per heavy atom. The van der Waals surface area contributed by atoms with Gasteiger partial charge in [-0.25, -0.2) is 0 Å². The largest absolute Gasteiger partial charge is 0.396 e. The molecule has 0 spiro atoms. The zero-order valence-electron chi connectivity index (χ0n) is 6.86. The van der Waals surface area contributed by atoms with Crippen LogP contribution in [0.3, 0.4) is 0 Å². The lowest BCUT2D eigenvalue weighted by atomic mass is 10.1. The first-order valence-electron chi connectivity index (χ1n) is 4.17. The quantitative estimate of drug-likeness (QED) is 0.739. The van der Waals surface area contributed by atoms with Crippen LogP contribution in [-0.2, 0) is 0 Å². The van der Waals surface area contributed by atoms with Crippen LogP contribution >= 0.6 is 11.3 Å². The lowest BCUT2D eigenvalue weighted by molar-refractivity contribution is 0.212. The number of hydrogen-bond donors (Lipinski definition) is 2. The Kier molecular flexibility index (Phi) is 1.94. The molecule has 66 valence electrons. The summed E-state index contributed by atoms with van der Waals surface area (Å²) in [6, 6.07) is 4.18. The Labute approximate surface area is 76.0 Å². The molecular weight excluding hydrogens is 170 g/mol. The van der Waals surface area contributed by atoms with E-state index in [1.807, 2.05) is 0 Å². The predicted octanol–water partition coefficient (Wildman–Crippen LogP) is 1.17. The summed E-state index contributed by atoms with van der Waals surface area (Å²) >= 11 is 1.76. The van der Waals surface area contributed by atoms with Crippen molar-refractivity contribution in [1.82, 2.24) is 0 Å². The molecule has 0 saturated heterocycles. The molecule has 1 saturated carbocycles. The van der Waals surface area contributed by atoms with Gasteiger partial charge >= 0.3 is 0 Å². The smallest absolute Gasteiger partial charge is 0.0505 e. The number of thiophene rings is 1. The minimum Gasteiger partial charge on any atom is -0.396 e. The second-order valence-electron chi connectivity index (χ2n) is 3.50. The molecule has 2 nitrogen and oxygen atoms in total. The zero-order chi connectivity index (χ0) is 8.60. The summed E-state index contributed by atoms with van der Waals surface area (Å²) in [7, 11) is 0. The minimum absolute atomic E-state index is 0.0187. The van der Waals surface area contributed by atoms with Gasteiger partial charge in [0, 0.05) is 22.8 Å². The second kappa shape index (κ2) is 2.83. The van der Waals surface area contributed by atoms with Crippen molar-refractivity contribution in [2.45, 2.75) is 12.3 Å². The van der Waals surface area contributed by atoms with Crippen molar-refractivity contribution >= 4 is 11.3 Å². The van der Waals surface area contributed by atoms with Gasteiger partial charge in [0.2, 0.25) is 0 Å². The molecule has 0 unspecified atom stereocenters. The van der Waals surface area contributed by atoms with Crippen LogP contribution in [0.5, 0.6) is 0 Å². The minimum atomic E-state index is 0.0187. The lowest BCUT2D eigenvalue weighted by Gasteiger charge is -2.09. The van der Waals surface area contributed by atoms with E-state index < -0.39 is 0 Å². The fraction of sp³-hybridized carbons (Fsp3) is 0.556. The van der Waals surface area contributed by atoms with Crippen LogP contribution in [0.4, 0.5) is 0 Å². The second-order valence-corrected chi connectivity index (χ2v) is 4.48. The van der Waals surface area contributed by atoms with Gasteiger partial charge in [-0.2, -0.15) is 0 Å².